The molecular weight excluding hydrogens is 272 g/mol. The van der Waals surface area contributed by atoms with Crippen LogP contribution in [0.25, 0.3) is 0 Å². The summed E-state index contributed by atoms with van der Waals surface area (Å²) in [6.07, 6.45) is 2.21. The van der Waals surface area contributed by atoms with Gasteiger partial charge in [0.25, 0.3) is 5.56 Å². The van der Waals surface area contributed by atoms with Crippen molar-refractivity contribution in [2.24, 2.45) is 0 Å². The molecule has 0 spiro atoms. The van der Waals surface area contributed by atoms with Crippen molar-refractivity contribution in [1.29, 1.82) is 0 Å². The average molecular weight is 288 g/mol. The van der Waals surface area contributed by atoms with Gasteiger partial charge in [-0.2, -0.15) is 0 Å². The summed E-state index contributed by atoms with van der Waals surface area (Å²) in [6.45, 7) is 3.36. The number of thioether (sulfide) groups is 1. The molecular formula is C11H16N2O5S. The minimum Gasteiger partial charge on any atom is -0.466 e. The fourth-order valence-corrected chi connectivity index (χ4v) is 2.07. The maximum Gasteiger partial charge on any atom is 0.362 e. The van der Waals surface area contributed by atoms with Crippen LogP contribution in [0.2, 0.25) is 0 Å². The van der Waals surface area contributed by atoms with Crippen LogP contribution in [0.3, 0.4) is 0 Å². The molecule has 0 saturated heterocycles. The van der Waals surface area contributed by atoms with E-state index in [1.807, 2.05) is 0 Å². The summed E-state index contributed by atoms with van der Waals surface area (Å²) in [6, 6.07) is 0. The van der Waals surface area contributed by atoms with E-state index in [9.17, 15) is 14.4 Å². The first-order valence-corrected chi connectivity index (χ1v) is 6.86. The number of nitrogens with zero attached hydrogens (tertiary/aromatic N) is 1. The van der Waals surface area contributed by atoms with Gasteiger partial charge in [0, 0.05) is 18.9 Å². The topological polar surface area (TPSA) is 90.4 Å². The lowest BCUT2D eigenvalue weighted by Gasteiger charge is -2.13. The Hall–Kier alpha value is -1.70. The Bertz CT molecular complexity index is 563. The number of H-pyrrole nitrogens is 1. The second-order valence-electron chi connectivity index (χ2n) is 3.71. The van der Waals surface area contributed by atoms with Crippen molar-refractivity contribution in [2.75, 3.05) is 19.5 Å². The first kappa shape index (κ1) is 15.4. The predicted molar refractivity (Wildman–Crippen MR) is 70.5 cm³/mol. The molecule has 0 amide bonds. The summed E-state index contributed by atoms with van der Waals surface area (Å²) in [5.74, 6) is -0.359. The van der Waals surface area contributed by atoms with Gasteiger partial charge in [0.1, 0.15) is 11.6 Å². The van der Waals surface area contributed by atoms with Crippen molar-refractivity contribution in [3.8, 4) is 0 Å². The van der Waals surface area contributed by atoms with E-state index in [1.54, 1.807) is 13.2 Å². The van der Waals surface area contributed by atoms with Crippen molar-refractivity contribution in [3.05, 3.63) is 26.4 Å². The molecule has 0 aliphatic heterocycles. The van der Waals surface area contributed by atoms with Crippen LogP contribution in [0, 0.1) is 6.92 Å². The summed E-state index contributed by atoms with van der Waals surface area (Å²) < 4.78 is 5.79. The van der Waals surface area contributed by atoms with Crippen molar-refractivity contribution in [2.45, 2.75) is 25.3 Å². The lowest BCUT2D eigenvalue weighted by Crippen LogP contribution is -2.37. The zero-order chi connectivity index (χ0) is 14.4. The van der Waals surface area contributed by atoms with E-state index in [0.717, 1.165) is 4.73 Å². The first-order valence-electron chi connectivity index (χ1n) is 5.64. The quantitative estimate of drug-likeness (QED) is 0.341. The lowest BCUT2D eigenvalue weighted by atomic mass is 10.4. The molecule has 0 aliphatic carbocycles. The van der Waals surface area contributed by atoms with Gasteiger partial charge in [-0.25, -0.2) is 4.79 Å². The van der Waals surface area contributed by atoms with Crippen LogP contribution < -0.4 is 16.1 Å². The number of hydrogen-bond acceptors (Lipinski definition) is 6. The van der Waals surface area contributed by atoms with E-state index in [0.29, 0.717) is 17.0 Å². The number of rotatable bonds is 6. The molecule has 1 rings (SSSR count). The maximum atomic E-state index is 11.6. The average Bonchev–Trinajstić information content (AvgIpc) is 2.34. The summed E-state index contributed by atoms with van der Waals surface area (Å²) in [5.41, 5.74) is -0.617. The van der Waals surface area contributed by atoms with E-state index in [-0.39, 0.29) is 19.2 Å². The van der Waals surface area contributed by atoms with Gasteiger partial charge >= 0.3 is 11.7 Å². The van der Waals surface area contributed by atoms with Gasteiger partial charge in [0.15, 0.2) is 0 Å². The number of ether oxygens (including phenoxy) is 1. The highest BCUT2D eigenvalue weighted by atomic mass is 32.2. The third-order valence-corrected chi connectivity index (χ3v) is 3.12. The van der Waals surface area contributed by atoms with Gasteiger partial charge in [-0.1, -0.05) is 0 Å². The number of hydrogen-bond donors (Lipinski definition) is 1. The van der Waals surface area contributed by atoms with E-state index in [2.05, 4.69) is 4.98 Å². The molecule has 0 fully saturated rings. The minimum absolute atomic E-state index is 0.201. The lowest BCUT2D eigenvalue weighted by molar-refractivity contribution is -0.141. The Labute approximate surface area is 113 Å². The zero-order valence-electron chi connectivity index (χ0n) is 11.0. The molecule has 1 heterocycles. The van der Waals surface area contributed by atoms with Crippen molar-refractivity contribution >= 4 is 17.7 Å². The number of carbonyl (C=O) groups is 1. The molecule has 1 aromatic heterocycles. The fourth-order valence-electron chi connectivity index (χ4n) is 1.37. The van der Waals surface area contributed by atoms with Crippen LogP contribution in [-0.2, 0) is 9.53 Å². The molecule has 8 heteroatoms. The van der Waals surface area contributed by atoms with Gasteiger partial charge in [0.05, 0.1) is 6.61 Å². The van der Waals surface area contributed by atoms with Gasteiger partial charge < -0.3 is 9.57 Å². The highest BCUT2D eigenvalue weighted by Crippen LogP contribution is 2.13. The monoisotopic (exact) mass is 288 g/mol. The SMILES string of the molecule is CSc1c(C)c(=O)[nH]c(=O)n1OCCCOC(C)=O. The zero-order valence-corrected chi connectivity index (χ0v) is 11.8. The van der Waals surface area contributed by atoms with Gasteiger partial charge in [-0.15, -0.1) is 16.5 Å². The second kappa shape index (κ2) is 7.03. The molecule has 7 nitrogen and oxygen atoms in total. The molecule has 0 saturated carbocycles. The largest absolute Gasteiger partial charge is 0.466 e. The summed E-state index contributed by atoms with van der Waals surface area (Å²) in [4.78, 5) is 41.1. The van der Waals surface area contributed by atoms with Gasteiger partial charge in [-0.3, -0.25) is 14.6 Å². The van der Waals surface area contributed by atoms with Crippen LogP contribution in [0.15, 0.2) is 14.6 Å². The van der Waals surface area contributed by atoms with E-state index >= 15 is 0 Å². The number of carbonyl (C=O) groups excluding carboxylic acids is 1. The van der Waals surface area contributed by atoms with Crippen molar-refractivity contribution in [3.63, 3.8) is 0 Å². The Morgan fingerprint density at radius 1 is 1.37 bits per heavy atom. The predicted octanol–water partition coefficient (Wildman–Crippen LogP) is -0.0513. The number of nitrogens with one attached hydrogen (secondary N) is 1. The second-order valence-corrected chi connectivity index (χ2v) is 4.51. The van der Waals surface area contributed by atoms with Gasteiger partial charge in [-0.05, 0) is 13.2 Å². The van der Waals surface area contributed by atoms with E-state index in [1.165, 1.54) is 18.7 Å². The molecule has 0 aromatic carbocycles. The number of esters is 1. The Balaban J connectivity index is 2.73. The highest BCUT2D eigenvalue weighted by Gasteiger charge is 2.11. The molecule has 106 valence electrons. The van der Waals surface area contributed by atoms with Crippen LogP contribution in [-0.4, -0.2) is 35.2 Å². The number of aromatic nitrogens is 2. The molecule has 0 bridgehead atoms. The van der Waals surface area contributed by atoms with Crippen molar-refractivity contribution < 1.29 is 14.4 Å². The van der Waals surface area contributed by atoms with Crippen molar-refractivity contribution in [1.82, 2.24) is 9.71 Å². The summed E-state index contributed by atoms with van der Waals surface area (Å²) in [7, 11) is 0. The highest BCUT2D eigenvalue weighted by molar-refractivity contribution is 7.98. The summed E-state index contributed by atoms with van der Waals surface area (Å²) >= 11 is 1.25. The molecule has 0 unspecified atom stereocenters. The molecule has 19 heavy (non-hydrogen) atoms. The number of aromatic amines is 1. The van der Waals surface area contributed by atoms with Crippen LogP contribution in [0.4, 0.5) is 0 Å². The molecule has 0 atom stereocenters. The third kappa shape index (κ3) is 4.16. The maximum absolute atomic E-state index is 11.6. The molecule has 1 aromatic rings. The third-order valence-electron chi connectivity index (χ3n) is 2.26. The smallest absolute Gasteiger partial charge is 0.362 e. The minimum atomic E-state index is -0.618. The van der Waals surface area contributed by atoms with Crippen LogP contribution in [0.5, 0.6) is 0 Å². The van der Waals surface area contributed by atoms with E-state index in [4.69, 9.17) is 9.57 Å². The standard InChI is InChI=1S/C11H16N2O5S/c1-7-9(15)12-11(16)13(10(7)19-3)18-6-4-5-17-8(2)14/h4-6H2,1-3H3,(H,12,15,16). The van der Waals surface area contributed by atoms with Gasteiger partial charge in [0.2, 0.25) is 0 Å². The normalized spacial score (nSPS) is 10.3. The van der Waals surface area contributed by atoms with Crippen LogP contribution >= 0.6 is 11.8 Å². The molecule has 0 radical (unpaired) electrons. The Kier molecular flexibility index (Phi) is 5.68. The van der Waals surface area contributed by atoms with E-state index < -0.39 is 11.2 Å². The fraction of sp³-hybridized carbons (Fsp3) is 0.545. The molecule has 1 N–H and O–H groups in total. The molecule has 0 aliphatic rings. The van der Waals surface area contributed by atoms with Crippen LogP contribution in [0.1, 0.15) is 18.9 Å². The summed E-state index contributed by atoms with van der Waals surface area (Å²) in [5, 5.41) is 0.459. The first-order chi connectivity index (χ1) is 8.97. The Morgan fingerprint density at radius 3 is 2.63 bits per heavy atom. The Morgan fingerprint density at radius 2 is 2.05 bits per heavy atom.